The van der Waals surface area contributed by atoms with Gasteiger partial charge in [0.25, 0.3) is 5.91 Å². The molecule has 0 bridgehead atoms. The van der Waals surface area contributed by atoms with Gasteiger partial charge in [0.05, 0.1) is 29.6 Å². The zero-order valence-electron chi connectivity index (χ0n) is 22.1. The van der Waals surface area contributed by atoms with Crippen LogP contribution in [0.25, 0.3) is 21.9 Å². The van der Waals surface area contributed by atoms with E-state index in [9.17, 15) is 9.59 Å². The molecule has 2 aromatic carbocycles. The number of pyridine rings is 1. The molecule has 0 spiro atoms. The lowest BCUT2D eigenvalue weighted by atomic mass is 9.93. The first-order valence-corrected chi connectivity index (χ1v) is 13.0. The van der Waals surface area contributed by atoms with Gasteiger partial charge < -0.3 is 14.2 Å². The van der Waals surface area contributed by atoms with Crippen LogP contribution < -0.4 is 10.7 Å². The Kier molecular flexibility index (Phi) is 6.23. The summed E-state index contributed by atoms with van der Waals surface area (Å²) < 4.78 is 11.8. The second-order valence-electron chi connectivity index (χ2n) is 9.95. The average molecular weight is 521 g/mol. The van der Waals surface area contributed by atoms with Crippen LogP contribution in [-0.4, -0.2) is 22.5 Å². The Morgan fingerprint density at radius 2 is 1.87 bits per heavy atom. The van der Waals surface area contributed by atoms with Crippen molar-refractivity contribution < 1.29 is 18.4 Å². The normalized spacial score (nSPS) is 14.1. The second kappa shape index (κ2) is 9.87. The number of nitrogens with one attached hydrogen (secondary N) is 2. The fourth-order valence-corrected chi connectivity index (χ4v) is 5.26. The third-order valence-electron chi connectivity index (χ3n) is 7.43. The van der Waals surface area contributed by atoms with Crippen LogP contribution in [0, 0.1) is 20.8 Å². The quantitative estimate of drug-likeness (QED) is 0.270. The van der Waals surface area contributed by atoms with Crippen molar-refractivity contribution in [1.29, 1.82) is 0 Å². The molecule has 196 valence electrons. The van der Waals surface area contributed by atoms with Crippen LogP contribution in [0.1, 0.15) is 57.0 Å². The van der Waals surface area contributed by atoms with E-state index in [1.54, 1.807) is 12.5 Å². The van der Waals surface area contributed by atoms with Crippen LogP contribution in [0.15, 0.2) is 68.9 Å². The number of aromatic nitrogens is 1. The number of anilines is 1. The van der Waals surface area contributed by atoms with E-state index in [-0.39, 0.29) is 24.0 Å². The first-order chi connectivity index (χ1) is 18.9. The zero-order valence-corrected chi connectivity index (χ0v) is 22.1. The Bertz CT molecular complexity index is 1790. The van der Waals surface area contributed by atoms with Crippen molar-refractivity contribution in [2.75, 3.05) is 5.32 Å². The minimum Gasteiger partial charge on any atom is -0.464 e. The summed E-state index contributed by atoms with van der Waals surface area (Å²) in [6.45, 7) is 5.90. The lowest BCUT2D eigenvalue weighted by Gasteiger charge is -2.13. The standard InChI is InChI=1S/C31H28N4O4/c1-17-12-13-21-20(16-38-29(21)18(17)2)15-27(36)35-34-25-10-5-11-26-28(25)19(3)30(39-26)31(37)33-24-9-4-8-23-22(24)7-6-14-32-23/h4,6-9,12-14,16H,5,10-11,15H2,1-3H3,(H,33,37)(H,35,36)/b34-25+. The Hall–Kier alpha value is -4.72. The molecule has 39 heavy (non-hydrogen) atoms. The first-order valence-electron chi connectivity index (χ1n) is 13.0. The SMILES string of the molecule is Cc1ccc2c(CC(=O)N/N=C3\CCCc4oc(C(=O)Nc5cccc6ncccc56)c(C)c43)coc2c1C. The summed E-state index contributed by atoms with van der Waals surface area (Å²) in [5.41, 5.74) is 10.2. The molecule has 0 saturated carbocycles. The lowest BCUT2D eigenvalue weighted by molar-refractivity contribution is -0.120. The molecule has 0 radical (unpaired) electrons. The van der Waals surface area contributed by atoms with Crippen molar-refractivity contribution in [3.05, 3.63) is 94.3 Å². The fraction of sp³-hybridized carbons (Fsp3) is 0.226. The van der Waals surface area contributed by atoms with Crippen LogP contribution >= 0.6 is 0 Å². The van der Waals surface area contributed by atoms with Crippen LogP contribution in [0.2, 0.25) is 0 Å². The van der Waals surface area contributed by atoms with E-state index >= 15 is 0 Å². The van der Waals surface area contributed by atoms with Gasteiger partial charge >= 0.3 is 0 Å². The molecule has 8 nitrogen and oxygen atoms in total. The lowest BCUT2D eigenvalue weighted by Crippen LogP contribution is -2.23. The predicted molar refractivity (Wildman–Crippen MR) is 150 cm³/mol. The van der Waals surface area contributed by atoms with Crippen molar-refractivity contribution in [2.45, 2.75) is 46.5 Å². The Labute approximate surface area is 225 Å². The number of amides is 2. The number of aryl methyl sites for hydroxylation is 3. The minimum absolute atomic E-state index is 0.150. The first kappa shape index (κ1) is 24.6. The topological polar surface area (TPSA) is 110 Å². The predicted octanol–water partition coefficient (Wildman–Crippen LogP) is 6.15. The van der Waals surface area contributed by atoms with Gasteiger partial charge in [0.2, 0.25) is 5.91 Å². The maximum Gasteiger partial charge on any atom is 0.291 e. The molecule has 0 aliphatic heterocycles. The number of hydrazone groups is 1. The monoisotopic (exact) mass is 520 g/mol. The number of furan rings is 2. The van der Waals surface area contributed by atoms with E-state index in [1.165, 1.54) is 0 Å². The second-order valence-corrected chi connectivity index (χ2v) is 9.95. The number of benzene rings is 2. The van der Waals surface area contributed by atoms with E-state index in [2.05, 4.69) is 20.8 Å². The van der Waals surface area contributed by atoms with Crippen molar-refractivity contribution in [3.8, 4) is 0 Å². The summed E-state index contributed by atoms with van der Waals surface area (Å²) >= 11 is 0. The van der Waals surface area contributed by atoms with E-state index in [0.29, 0.717) is 35.6 Å². The molecule has 8 heteroatoms. The van der Waals surface area contributed by atoms with Gasteiger partial charge in [-0.2, -0.15) is 5.10 Å². The molecule has 0 atom stereocenters. The number of carbonyl (C=O) groups is 2. The number of nitrogens with zero attached hydrogens (tertiary/aromatic N) is 2. The molecule has 1 aliphatic rings. The van der Waals surface area contributed by atoms with Gasteiger partial charge in [-0.1, -0.05) is 18.2 Å². The molecule has 3 heterocycles. The maximum atomic E-state index is 13.3. The van der Waals surface area contributed by atoms with Crippen molar-refractivity contribution >= 4 is 45.1 Å². The van der Waals surface area contributed by atoms with E-state index in [4.69, 9.17) is 8.83 Å². The molecular formula is C31H28N4O4. The van der Waals surface area contributed by atoms with E-state index < -0.39 is 0 Å². The van der Waals surface area contributed by atoms with Crippen molar-refractivity contribution in [3.63, 3.8) is 0 Å². The van der Waals surface area contributed by atoms with Crippen LogP contribution in [0.3, 0.4) is 0 Å². The largest absolute Gasteiger partial charge is 0.464 e. The molecule has 2 amide bonds. The summed E-state index contributed by atoms with van der Waals surface area (Å²) in [6, 6.07) is 13.4. The van der Waals surface area contributed by atoms with Gasteiger partial charge in [-0.25, -0.2) is 5.43 Å². The minimum atomic E-state index is -0.334. The van der Waals surface area contributed by atoms with Crippen LogP contribution in [0.5, 0.6) is 0 Å². The molecule has 6 rings (SSSR count). The Balaban J connectivity index is 1.21. The molecular weight excluding hydrogens is 492 g/mol. The molecule has 0 unspecified atom stereocenters. The van der Waals surface area contributed by atoms with Gasteiger partial charge in [-0.3, -0.25) is 14.6 Å². The number of fused-ring (bicyclic) bond motifs is 3. The number of hydrogen-bond donors (Lipinski definition) is 2. The third kappa shape index (κ3) is 4.48. The summed E-state index contributed by atoms with van der Waals surface area (Å²) in [7, 11) is 0. The number of hydrogen-bond acceptors (Lipinski definition) is 6. The maximum absolute atomic E-state index is 13.3. The van der Waals surface area contributed by atoms with Gasteiger partial charge in [0.1, 0.15) is 11.3 Å². The van der Waals surface area contributed by atoms with E-state index in [1.807, 2.05) is 63.2 Å². The highest BCUT2D eigenvalue weighted by atomic mass is 16.4. The van der Waals surface area contributed by atoms with Gasteiger partial charge in [0.15, 0.2) is 5.76 Å². The van der Waals surface area contributed by atoms with Gasteiger partial charge in [0, 0.05) is 40.1 Å². The Morgan fingerprint density at radius 3 is 2.74 bits per heavy atom. The number of rotatable bonds is 5. The summed E-state index contributed by atoms with van der Waals surface area (Å²) in [5, 5.41) is 9.22. The summed E-state index contributed by atoms with van der Waals surface area (Å²) in [6.07, 6.45) is 5.70. The molecule has 0 fully saturated rings. The highest BCUT2D eigenvalue weighted by molar-refractivity contribution is 6.11. The zero-order chi connectivity index (χ0) is 27.1. The van der Waals surface area contributed by atoms with Gasteiger partial charge in [-0.15, -0.1) is 0 Å². The molecule has 1 aliphatic carbocycles. The van der Waals surface area contributed by atoms with Crippen molar-refractivity contribution in [2.24, 2.45) is 5.10 Å². The summed E-state index contributed by atoms with van der Waals surface area (Å²) in [4.78, 5) is 30.4. The summed E-state index contributed by atoms with van der Waals surface area (Å²) in [5.74, 6) is 0.388. The highest BCUT2D eigenvalue weighted by Crippen LogP contribution is 2.31. The fourth-order valence-electron chi connectivity index (χ4n) is 5.26. The highest BCUT2D eigenvalue weighted by Gasteiger charge is 2.28. The number of carbonyl (C=O) groups excluding carboxylic acids is 2. The Morgan fingerprint density at radius 1 is 1.00 bits per heavy atom. The molecule has 5 aromatic rings. The van der Waals surface area contributed by atoms with Gasteiger partial charge in [-0.05, 0) is 69.0 Å². The third-order valence-corrected chi connectivity index (χ3v) is 7.43. The molecule has 3 aromatic heterocycles. The van der Waals surface area contributed by atoms with Crippen LogP contribution in [0.4, 0.5) is 5.69 Å². The smallest absolute Gasteiger partial charge is 0.291 e. The van der Waals surface area contributed by atoms with E-state index in [0.717, 1.165) is 50.5 Å². The average Bonchev–Trinajstić information content (AvgIpc) is 3.51. The molecule has 2 N–H and O–H groups in total. The van der Waals surface area contributed by atoms with Crippen LogP contribution in [-0.2, 0) is 17.6 Å². The van der Waals surface area contributed by atoms with Crippen molar-refractivity contribution in [1.82, 2.24) is 10.4 Å². The molecule has 0 saturated heterocycles.